The quantitative estimate of drug-likeness (QED) is 0.170. The molecular weight excluding hydrogens is 587 g/mol. The third kappa shape index (κ3) is 7.80. The molecule has 2 aromatic heterocycles. The molecule has 3 aromatic rings. The average molecular weight is 617 g/mol. The fraction of sp³-hybridized carbons (Fsp3) is 0.435. The van der Waals surface area contributed by atoms with Gasteiger partial charge in [0, 0.05) is 12.6 Å². The molecular formula is C23H30FN5O10P2. The topological polar surface area (TPSA) is 206 Å². The Labute approximate surface area is 233 Å². The summed E-state index contributed by atoms with van der Waals surface area (Å²) in [5.74, 6) is -0.983. The van der Waals surface area contributed by atoms with Gasteiger partial charge in [0.05, 0.1) is 24.2 Å². The molecule has 224 valence electrons. The first-order valence-corrected chi connectivity index (χ1v) is 15.5. The van der Waals surface area contributed by atoms with Crippen molar-refractivity contribution in [2.24, 2.45) is 0 Å². The molecule has 0 amide bonds. The van der Waals surface area contributed by atoms with Gasteiger partial charge in [0.15, 0.2) is 11.9 Å². The number of carbonyl (C=O) groups is 1. The number of anilines is 1. The molecule has 15 nitrogen and oxygen atoms in total. The van der Waals surface area contributed by atoms with Gasteiger partial charge in [-0.25, -0.2) is 13.5 Å². The fourth-order valence-corrected chi connectivity index (χ4v) is 6.95. The highest BCUT2D eigenvalue weighted by Crippen LogP contribution is 2.60. The van der Waals surface area contributed by atoms with Crippen LogP contribution in [0, 0.1) is 0 Å². The number of aromatic amines is 1. The molecule has 1 aliphatic heterocycles. The first-order chi connectivity index (χ1) is 19.2. The molecule has 5 N–H and O–H groups in total. The highest BCUT2D eigenvalue weighted by Gasteiger charge is 2.43. The van der Waals surface area contributed by atoms with Crippen molar-refractivity contribution >= 4 is 38.5 Å². The van der Waals surface area contributed by atoms with Crippen molar-refractivity contribution in [2.75, 3.05) is 12.3 Å². The van der Waals surface area contributed by atoms with Crippen molar-refractivity contribution in [1.82, 2.24) is 19.6 Å². The first kappa shape index (κ1) is 30.8. The van der Waals surface area contributed by atoms with Gasteiger partial charge in [-0.15, -0.1) is 0 Å². The number of esters is 1. The number of aromatic nitrogens is 3. The Morgan fingerprint density at radius 3 is 2.68 bits per heavy atom. The number of benzene rings is 1. The monoisotopic (exact) mass is 617 g/mol. The van der Waals surface area contributed by atoms with Gasteiger partial charge in [0.2, 0.25) is 5.95 Å². The van der Waals surface area contributed by atoms with Crippen LogP contribution in [0.15, 0.2) is 47.4 Å². The molecule has 1 aromatic carbocycles. The van der Waals surface area contributed by atoms with Crippen LogP contribution in [-0.4, -0.2) is 56.4 Å². The predicted octanol–water partition coefficient (Wildman–Crippen LogP) is 3.18. The number of nitrogens with zero attached hydrogens (tertiary/aromatic N) is 2. The zero-order valence-electron chi connectivity index (χ0n) is 22.2. The average Bonchev–Trinajstić information content (AvgIpc) is 3.45. The van der Waals surface area contributed by atoms with Crippen molar-refractivity contribution < 1.29 is 46.0 Å². The van der Waals surface area contributed by atoms with E-state index in [9.17, 15) is 28.0 Å². The number of fused-ring (bicyclic) bond motifs is 1. The summed E-state index contributed by atoms with van der Waals surface area (Å²) in [5, 5.41) is 2.44. The van der Waals surface area contributed by atoms with Crippen LogP contribution in [0.4, 0.5) is 10.3 Å². The van der Waals surface area contributed by atoms with E-state index in [4.69, 9.17) is 28.6 Å². The van der Waals surface area contributed by atoms with Crippen LogP contribution < -0.4 is 20.9 Å². The van der Waals surface area contributed by atoms with Crippen LogP contribution in [0.25, 0.3) is 11.0 Å². The lowest BCUT2D eigenvalue weighted by molar-refractivity contribution is -0.149. The van der Waals surface area contributed by atoms with Gasteiger partial charge in [-0.1, -0.05) is 18.2 Å². The summed E-state index contributed by atoms with van der Waals surface area (Å²) < 4.78 is 68.5. The number of hydrogen-bond donors (Lipinski definition) is 4. The minimum absolute atomic E-state index is 0.00188. The number of carbonyl (C=O) groups excluding carboxylic acids is 1. The van der Waals surface area contributed by atoms with Crippen molar-refractivity contribution in [1.29, 1.82) is 0 Å². The second-order valence-electron chi connectivity index (χ2n) is 9.40. The summed E-state index contributed by atoms with van der Waals surface area (Å²) in [7, 11) is -9.89. The SMILES string of the molecule is CC(C)OC(=O)C(C)NP(=O)(Oc1ccccc1)OP(=O)(O)OCC1CC(F)C(n2ccc3c(=O)[nH]c(N)nc32)O1. The van der Waals surface area contributed by atoms with Gasteiger partial charge < -0.3 is 29.2 Å². The number of nitrogens with one attached hydrogen (secondary N) is 2. The molecule has 41 heavy (non-hydrogen) atoms. The van der Waals surface area contributed by atoms with E-state index < -0.39 is 64.4 Å². The maximum absolute atomic E-state index is 14.9. The number of phosphoric acid groups is 1. The molecule has 0 radical (unpaired) electrons. The van der Waals surface area contributed by atoms with E-state index in [1.807, 2.05) is 0 Å². The maximum Gasteiger partial charge on any atom is 0.481 e. The lowest BCUT2D eigenvalue weighted by Crippen LogP contribution is -2.36. The number of alkyl halides is 1. The number of rotatable bonds is 12. The van der Waals surface area contributed by atoms with E-state index in [0.717, 1.165) is 0 Å². The standard InChI is InChI=1S/C23H30FN5O10P2/c1-13(2)36-22(31)14(3)28-40(32,38-15-7-5-4-6-8-15)39-41(33,34)35-12-16-11-18(24)21(37-16)29-10-9-17-19(29)26-23(25)27-20(17)30/h4-10,13-14,16,18,21H,11-12H2,1-3H3,(H,28,32)(H,33,34)(H3,25,26,27,30). The van der Waals surface area contributed by atoms with Crippen LogP contribution in [-0.2, 0) is 32.2 Å². The number of ether oxygens (including phenoxy) is 2. The van der Waals surface area contributed by atoms with E-state index in [1.54, 1.807) is 32.0 Å². The van der Waals surface area contributed by atoms with Crippen LogP contribution >= 0.6 is 15.6 Å². The normalized spacial score (nSPS) is 22.7. The summed E-state index contributed by atoms with van der Waals surface area (Å²) in [4.78, 5) is 41.1. The minimum atomic E-state index is -5.16. The third-order valence-electron chi connectivity index (χ3n) is 5.66. The van der Waals surface area contributed by atoms with E-state index in [1.165, 1.54) is 35.9 Å². The molecule has 4 rings (SSSR count). The highest BCUT2D eigenvalue weighted by atomic mass is 31.3. The summed E-state index contributed by atoms with van der Waals surface area (Å²) in [5.41, 5.74) is 5.18. The molecule has 0 aliphatic carbocycles. The van der Waals surface area contributed by atoms with Gasteiger partial charge in [-0.3, -0.25) is 19.1 Å². The molecule has 0 saturated carbocycles. The number of phosphoric ester groups is 1. The van der Waals surface area contributed by atoms with Crippen LogP contribution in [0.1, 0.15) is 33.4 Å². The summed E-state index contributed by atoms with van der Waals surface area (Å²) in [6.07, 6.45) is -3.22. The second kappa shape index (κ2) is 12.4. The largest absolute Gasteiger partial charge is 0.481 e. The Morgan fingerprint density at radius 2 is 2.00 bits per heavy atom. The lowest BCUT2D eigenvalue weighted by atomic mass is 10.2. The molecule has 0 bridgehead atoms. The molecule has 3 heterocycles. The Hall–Kier alpha value is -3.10. The van der Waals surface area contributed by atoms with Gasteiger partial charge in [0.1, 0.15) is 18.0 Å². The number of hydrogen-bond acceptors (Lipinski definition) is 11. The Balaban J connectivity index is 1.44. The number of para-hydroxylation sites is 1. The number of halogens is 1. The van der Waals surface area contributed by atoms with Gasteiger partial charge in [-0.2, -0.15) is 14.4 Å². The first-order valence-electron chi connectivity index (χ1n) is 12.4. The Morgan fingerprint density at radius 1 is 1.29 bits per heavy atom. The smallest absolute Gasteiger partial charge is 0.462 e. The van der Waals surface area contributed by atoms with E-state index in [0.29, 0.717) is 0 Å². The molecule has 6 atom stereocenters. The van der Waals surface area contributed by atoms with Gasteiger partial charge in [0.25, 0.3) is 5.56 Å². The molecule has 0 spiro atoms. The molecule has 1 saturated heterocycles. The fourth-order valence-electron chi connectivity index (χ4n) is 3.97. The zero-order valence-corrected chi connectivity index (χ0v) is 24.0. The maximum atomic E-state index is 14.9. The van der Waals surface area contributed by atoms with E-state index in [-0.39, 0.29) is 29.2 Å². The second-order valence-corrected chi connectivity index (χ2v) is 12.7. The minimum Gasteiger partial charge on any atom is -0.462 e. The molecule has 1 aliphatic rings. The summed E-state index contributed by atoms with van der Waals surface area (Å²) in [6, 6.07) is 7.73. The van der Waals surface area contributed by atoms with E-state index in [2.05, 4.69) is 15.1 Å². The number of H-pyrrole nitrogens is 1. The Kier molecular flexibility index (Phi) is 9.34. The van der Waals surface area contributed by atoms with Crippen LogP contribution in [0.2, 0.25) is 0 Å². The highest BCUT2D eigenvalue weighted by molar-refractivity contribution is 7.63. The van der Waals surface area contributed by atoms with Crippen molar-refractivity contribution in [3.8, 4) is 5.75 Å². The van der Waals surface area contributed by atoms with Gasteiger partial charge in [-0.05, 0) is 39.0 Å². The van der Waals surface area contributed by atoms with Crippen LogP contribution in [0.3, 0.4) is 0 Å². The summed E-state index contributed by atoms with van der Waals surface area (Å²) >= 11 is 0. The summed E-state index contributed by atoms with van der Waals surface area (Å²) in [6.45, 7) is 3.88. The predicted molar refractivity (Wildman–Crippen MR) is 144 cm³/mol. The number of nitrogens with two attached hydrogens (primary N) is 1. The van der Waals surface area contributed by atoms with E-state index >= 15 is 0 Å². The Bertz CT molecular complexity index is 1530. The lowest BCUT2D eigenvalue weighted by Gasteiger charge is -2.25. The molecule has 18 heteroatoms. The third-order valence-corrected chi connectivity index (χ3v) is 8.98. The molecule has 6 unspecified atom stereocenters. The zero-order chi connectivity index (χ0) is 29.9. The number of nitrogen functional groups attached to an aromatic ring is 1. The van der Waals surface area contributed by atoms with Gasteiger partial charge >= 0.3 is 21.5 Å². The van der Waals surface area contributed by atoms with Crippen LogP contribution in [0.5, 0.6) is 5.75 Å². The van der Waals surface area contributed by atoms with Crippen molar-refractivity contribution in [2.45, 2.75) is 57.8 Å². The van der Waals surface area contributed by atoms with Crippen molar-refractivity contribution in [3.63, 3.8) is 0 Å². The van der Waals surface area contributed by atoms with Crippen molar-refractivity contribution in [3.05, 3.63) is 52.9 Å². The molecule has 1 fully saturated rings.